The van der Waals surface area contributed by atoms with E-state index in [0.29, 0.717) is 71.5 Å². The van der Waals surface area contributed by atoms with Crippen molar-refractivity contribution in [1.29, 1.82) is 0 Å². The molecule has 0 atom stereocenters. The summed E-state index contributed by atoms with van der Waals surface area (Å²) in [4.78, 5) is 45.1. The van der Waals surface area contributed by atoms with Gasteiger partial charge in [0.15, 0.2) is 15.0 Å². The van der Waals surface area contributed by atoms with E-state index >= 15 is 0 Å². The van der Waals surface area contributed by atoms with E-state index in [1.807, 2.05) is 80.4 Å². The predicted molar refractivity (Wildman–Crippen MR) is 271 cm³/mol. The molecule has 15 N–H and O–H groups in total. The molecule has 0 aliphatic rings. The van der Waals surface area contributed by atoms with Crippen molar-refractivity contribution in [2.75, 3.05) is 16.9 Å². The van der Waals surface area contributed by atoms with Crippen LogP contribution in [0.2, 0.25) is 0 Å². The Bertz CT molecular complexity index is 3530. The molecule has 0 aliphatic carbocycles. The standard InChI is InChI=1S/C7H8N5O2.C7H7N4O2.C7H6N4O2.C7H6N3O3.C6H5N2O2.5C2H6.CH4.Na/c8-9-7-10-12(14)6-4-2-1-3-5(6)11(7)13;2*8-7-9-11(13)6-4-2-1-3-5(6)10(7)12;11-7-8-10(13)6-4-2-1-3-5(6)9(7)12;9-8-6-4-2-1-3-5(6)7-10-8;5*1-2;;/h1-4,13H,8H2,(H,9,10,14);1-4,12H,(H2,8,9,13);1-4H,(H2,8,9);1-4,12H,(H,8,11,13);1-4,7H;5*1-2H3;1H4;/q2*+1;;2*+1;;;;;;;+1/p+3. The first-order valence-electron chi connectivity index (χ1n) is 22.6. The van der Waals surface area contributed by atoms with Crippen LogP contribution in [0.1, 0.15) is 76.7 Å². The number of nitrogens with two attached hydrogens (primary N) is 3. The molecular formula is C45H69N18NaO11+8. The van der Waals surface area contributed by atoms with Crippen LogP contribution >= 0.6 is 0 Å². The van der Waals surface area contributed by atoms with Crippen LogP contribution in [0.15, 0.2) is 131 Å². The van der Waals surface area contributed by atoms with Crippen molar-refractivity contribution in [1.82, 2.24) is 25.6 Å². The maximum atomic E-state index is 11.4. The van der Waals surface area contributed by atoms with Gasteiger partial charge in [0.25, 0.3) is 16.6 Å². The second kappa shape index (κ2) is 35.1. The smallest absolute Gasteiger partial charge is 0.739 e. The Labute approximate surface area is 450 Å². The molecule has 5 heterocycles. The van der Waals surface area contributed by atoms with Crippen LogP contribution in [0.4, 0.5) is 17.8 Å². The number of aromatic nitrogens is 14. The van der Waals surface area contributed by atoms with Crippen LogP contribution < -0.4 is 100 Å². The van der Waals surface area contributed by atoms with E-state index in [9.17, 15) is 50.8 Å². The van der Waals surface area contributed by atoms with Crippen molar-refractivity contribution in [3.05, 3.63) is 157 Å². The van der Waals surface area contributed by atoms with Crippen molar-refractivity contribution in [3.63, 3.8) is 0 Å². The van der Waals surface area contributed by atoms with E-state index in [-0.39, 0.29) is 71.4 Å². The number of hydrogen-bond donors (Lipinski definition) is 12. The summed E-state index contributed by atoms with van der Waals surface area (Å²) in [5.74, 6) is 4.63. The summed E-state index contributed by atoms with van der Waals surface area (Å²) in [7, 11) is 0. The molecule has 0 aliphatic heterocycles. The summed E-state index contributed by atoms with van der Waals surface area (Å²) in [6.45, 7) is 20.0. The van der Waals surface area contributed by atoms with Gasteiger partial charge in [0, 0.05) is 44.0 Å². The summed E-state index contributed by atoms with van der Waals surface area (Å²) in [5, 5.41) is 72.1. The van der Waals surface area contributed by atoms with Gasteiger partial charge < -0.3 is 26.0 Å². The quantitative estimate of drug-likeness (QED) is 0.0239. The number of benzene rings is 5. The number of hydrogen-bond acceptors (Lipinski definition) is 16. The molecule has 75 heavy (non-hydrogen) atoms. The fourth-order valence-electron chi connectivity index (χ4n) is 5.49. The number of rotatable bonds is 1. The summed E-state index contributed by atoms with van der Waals surface area (Å²) >= 11 is 0. The zero-order valence-corrected chi connectivity index (χ0v) is 44.9. The average Bonchev–Trinajstić information content (AvgIpc) is 3.83. The van der Waals surface area contributed by atoms with Gasteiger partial charge in [-0.25, -0.2) is 9.94 Å². The summed E-state index contributed by atoms with van der Waals surface area (Å²) in [6, 6.07) is 32.9. The molecule has 0 radical (unpaired) electrons. The predicted octanol–water partition coefficient (Wildman–Crippen LogP) is -0.810. The number of H-pyrrole nitrogens is 4. The molecule has 0 amide bonds. The van der Waals surface area contributed by atoms with Crippen molar-refractivity contribution in [2.24, 2.45) is 5.84 Å². The number of nitrogens with zero attached hydrogens (tertiary/aromatic N) is 10. The summed E-state index contributed by atoms with van der Waals surface area (Å²) in [6.07, 6.45) is 0. The van der Waals surface area contributed by atoms with Gasteiger partial charge in [0.2, 0.25) is 30.7 Å². The molecule has 0 spiro atoms. The second-order valence-electron chi connectivity index (χ2n) is 12.3. The van der Waals surface area contributed by atoms with E-state index < -0.39 is 5.69 Å². The minimum atomic E-state index is -0.804. The van der Waals surface area contributed by atoms with Crippen molar-refractivity contribution >= 4 is 73.0 Å². The molecular weight excluding hydrogens is 992 g/mol. The van der Waals surface area contributed by atoms with Gasteiger partial charge >= 0.3 is 69.6 Å². The second-order valence-corrected chi connectivity index (χ2v) is 12.3. The molecule has 10 aromatic rings. The van der Waals surface area contributed by atoms with E-state index in [1.54, 1.807) is 97.1 Å². The van der Waals surface area contributed by atoms with Gasteiger partial charge in [0.05, 0.1) is 14.9 Å². The number of aromatic amines is 4. The molecule has 30 heteroatoms. The third-order valence-corrected chi connectivity index (χ3v) is 8.44. The van der Waals surface area contributed by atoms with Crippen molar-refractivity contribution in [3.8, 4) is 0 Å². The number of fused-ring (bicyclic) bond motifs is 5. The Morgan fingerprint density at radius 2 is 0.920 bits per heavy atom. The van der Waals surface area contributed by atoms with E-state index in [0.717, 1.165) is 9.46 Å². The van der Waals surface area contributed by atoms with Crippen LogP contribution in [0.5, 0.6) is 0 Å². The SMILES string of the molecule is C.CC.CC.CC.CC.CC.NNc1[nH][n+](=O)c2ccccc2[n+]1O.Nc1[nH][n+](=O)c2ccccc2[n+]1O.Nc1n[n+]([O-])c2ccccc2[n+]1[O-].O=[n+]1o[nH]c2ccccc21.O=c1[nH][n+](O)c2ccccc2[n+]1O.[Na+]. The molecule has 0 saturated carbocycles. The van der Waals surface area contributed by atoms with E-state index in [4.69, 9.17) is 17.3 Å². The monoisotopic (exact) mass is 1060 g/mol. The van der Waals surface area contributed by atoms with Gasteiger partial charge in [0.1, 0.15) is 0 Å². The van der Waals surface area contributed by atoms with Crippen LogP contribution in [-0.4, -0.2) is 46.4 Å². The Balaban J connectivity index is 0. The maximum absolute atomic E-state index is 11.4. The molecule has 10 rings (SSSR count). The molecule has 0 unspecified atom stereocenters. The number of para-hydroxylation sites is 10. The largest absolute Gasteiger partial charge is 1.00 e. The molecule has 29 nitrogen and oxygen atoms in total. The Kier molecular flexibility index (Phi) is 31.9. The van der Waals surface area contributed by atoms with Crippen molar-refractivity contribution < 1.29 is 97.3 Å². The van der Waals surface area contributed by atoms with Crippen molar-refractivity contribution in [2.45, 2.75) is 76.7 Å². The molecule has 398 valence electrons. The number of anilines is 3. The third kappa shape index (κ3) is 17.6. The van der Waals surface area contributed by atoms with Gasteiger partial charge in [-0.3, -0.25) is 11.5 Å². The Morgan fingerprint density at radius 1 is 0.533 bits per heavy atom. The molecule has 0 saturated heterocycles. The fraction of sp³-hybridized carbons (Fsp3) is 0.244. The maximum Gasteiger partial charge on any atom is 1.00 e. The number of hydrazine groups is 1. The first-order valence-corrected chi connectivity index (χ1v) is 22.6. The zero-order valence-electron chi connectivity index (χ0n) is 42.9. The fourth-order valence-corrected chi connectivity index (χ4v) is 5.49. The van der Waals surface area contributed by atoms with Crippen LogP contribution in [-0.2, 0) is 0 Å². The van der Waals surface area contributed by atoms with Gasteiger partial charge in [-0.1, -0.05) is 147 Å². The van der Waals surface area contributed by atoms with Gasteiger partial charge in [-0.15, -0.1) is 0 Å². The summed E-state index contributed by atoms with van der Waals surface area (Å²) in [5.41, 5.74) is 15.4. The van der Waals surface area contributed by atoms with Crippen LogP contribution in [0.3, 0.4) is 0 Å². The number of nitrogen functional groups attached to an aromatic ring is 3. The number of nitrogens with one attached hydrogen (secondary N) is 5. The zero-order chi connectivity index (χ0) is 55.4. The van der Waals surface area contributed by atoms with E-state index in [2.05, 4.69) is 30.5 Å². The Hall–Kier alpha value is -9.06. The molecule has 0 fully saturated rings. The first kappa shape index (κ1) is 68.0. The molecule has 5 aromatic carbocycles. The average molecular weight is 1060 g/mol. The topological polar surface area (TPSA) is 416 Å². The van der Waals surface area contributed by atoms with E-state index in [1.165, 1.54) is 18.2 Å². The normalized spacial score (nSPS) is 9.16. The van der Waals surface area contributed by atoms with Crippen LogP contribution in [0.25, 0.3) is 55.2 Å². The minimum Gasteiger partial charge on any atom is -0.739 e. The third-order valence-electron chi connectivity index (χ3n) is 8.44. The van der Waals surface area contributed by atoms with Crippen LogP contribution in [0, 0.1) is 25.1 Å². The first-order chi connectivity index (χ1) is 35.2. The Morgan fingerprint density at radius 3 is 1.40 bits per heavy atom. The summed E-state index contributed by atoms with van der Waals surface area (Å²) < 4.78 is 8.25. The molecule has 0 bridgehead atoms. The molecule has 5 aromatic heterocycles. The van der Waals surface area contributed by atoms with Gasteiger partial charge in [-0.05, 0) is 50.8 Å². The minimum absolute atomic E-state index is 0. The van der Waals surface area contributed by atoms with Gasteiger partial charge in [-0.2, -0.15) is 16.1 Å².